The third-order valence-electron chi connectivity index (χ3n) is 5.06. The Morgan fingerprint density at radius 1 is 1.11 bits per heavy atom. The molecule has 5 nitrogen and oxygen atoms in total. The molecule has 0 saturated heterocycles. The number of aryl methyl sites for hydroxylation is 2. The van der Waals surface area contributed by atoms with Gasteiger partial charge in [0.05, 0.1) is 5.56 Å². The third kappa shape index (κ3) is 4.80. The molecular formula is C22H28N2O3S. The van der Waals surface area contributed by atoms with E-state index in [1.807, 2.05) is 24.3 Å². The van der Waals surface area contributed by atoms with Gasteiger partial charge in [-0.1, -0.05) is 19.1 Å². The topological polar surface area (TPSA) is 67.4 Å². The van der Waals surface area contributed by atoms with Crippen LogP contribution in [0.5, 0.6) is 0 Å². The lowest BCUT2D eigenvalue weighted by molar-refractivity contribution is 0.0948. The number of fused-ring (bicyclic) bond motifs is 1. The van der Waals surface area contributed by atoms with Gasteiger partial charge in [-0.15, -0.1) is 11.3 Å². The van der Waals surface area contributed by atoms with Crippen LogP contribution in [0.25, 0.3) is 0 Å². The molecule has 6 heteroatoms. The van der Waals surface area contributed by atoms with E-state index in [4.69, 9.17) is 4.74 Å². The first-order chi connectivity index (χ1) is 13.6. The lowest BCUT2D eigenvalue weighted by Crippen LogP contribution is -2.27. The van der Waals surface area contributed by atoms with E-state index in [-0.39, 0.29) is 11.8 Å². The molecule has 1 aromatic heterocycles. The Kier molecular flexibility index (Phi) is 7.23. The van der Waals surface area contributed by atoms with E-state index in [0.717, 1.165) is 44.1 Å². The number of methoxy groups -OCH3 is 1. The largest absolute Gasteiger partial charge is 0.385 e. The number of nitrogens with one attached hydrogen (secondary N) is 2. The zero-order valence-electron chi connectivity index (χ0n) is 16.6. The first-order valence-corrected chi connectivity index (χ1v) is 10.8. The Bertz CT molecular complexity index is 827. The molecule has 2 aromatic rings. The van der Waals surface area contributed by atoms with Crippen molar-refractivity contribution in [1.82, 2.24) is 5.32 Å². The van der Waals surface area contributed by atoms with Crippen molar-refractivity contribution in [3.05, 3.63) is 51.4 Å². The second-order valence-corrected chi connectivity index (χ2v) is 8.13. The lowest BCUT2D eigenvalue weighted by atomic mass is 9.95. The number of hydrogen-bond acceptors (Lipinski definition) is 4. The molecule has 0 spiro atoms. The average molecular weight is 401 g/mol. The van der Waals surface area contributed by atoms with E-state index in [1.54, 1.807) is 18.4 Å². The van der Waals surface area contributed by atoms with E-state index >= 15 is 0 Å². The summed E-state index contributed by atoms with van der Waals surface area (Å²) in [6.07, 6.45) is 5.79. The molecule has 0 unspecified atom stereocenters. The fraction of sp³-hybridized carbons (Fsp3) is 0.455. The Labute approximate surface area is 170 Å². The van der Waals surface area contributed by atoms with Crippen molar-refractivity contribution < 1.29 is 14.3 Å². The SMILES string of the molecule is CCc1ccc(C(=O)Nc2sc3c(c2C(=O)NCCCOC)CCCC3)cc1. The average Bonchev–Trinajstić information content (AvgIpc) is 3.09. The summed E-state index contributed by atoms with van der Waals surface area (Å²) in [7, 11) is 1.65. The highest BCUT2D eigenvalue weighted by Crippen LogP contribution is 2.38. The standard InChI is InChI=1S/C22H28N2O3S/c1-3-15-9-11-16(12-10-15)20(25)24-22-19(21(26)23-13-6-14-27-2)17-7-4-5-8-18(17)28-22/h9-12H,3-8,13-14H2,1-2H3,(H,23,26)(H,24,25). The van der Waals surface area contributed by atoms with Gasteiger partial charge in [-0.05, 0) is 61.8 Å². The first-order valence-electron chi connectivity index (χ1n) is 9.96. The molecular weight excluding hydrogens is 372 g/mol. The molecule has 0 atom stereocenters. The Hall–Kier alpha value is -2.18. The molecule has 0 aliphatic heterocycles. The van der Waals surface area contributed by atoms with Gasteiger partial charge in [-0.2, -0.15) is 0 Å². The summed E-state index contributed by atoms with van der Waals surface area (Å²) in [5, 5.41) is 6.64. The van der Waals surface area contributed by atoms with E-state index in [2.05, 4.69) is 17.6 Å². The predicted molar refractivity (Wildman–Crippen MR) is 114 cm³/mol. The maximum absolute atomic E-state index is 12.9. The second kappa shape index (κ2) is 9.85. The van der Waals surface area contributed by atoms with Gasteiger partial charge >= 0.3 is 0 Å². The second-order valence-electron chi connectivity index (χ2n) is 7.02. The number of anilines is 1. The molecule has 0 radical (unpaired) electrons. The molecule has 1 aliphatic rings. The molecule has 2 N–H and O–H groups in total. The molecule has 0 fully saturated rings. The monoisotopic (exact) mass is 400 g/mol. The quantitative estimate of drug-likeness (QED) is 0.653. The number of amides is 2. The normalized spacial score (nSPS) is 13.1. The predicted octanol–water partition coefficient (Wildman–Crippen LogP) is 4.21. The molecule has 28 heavy (non-hydrogen) atoms. The number of rotatable bonds is 8. The number of benzene rings is 1. The fourth-order valence-corrected chi connectivity index (χ4v) is 4.75. The highest BCUT2D eigenvalue weighted by Gasteiger charge is 2.26. The first kappa shape index (κ1) is 20.6. The van der Waals surface area contributed by atoms with Gasteiger partial charge in [0.1, 0.15) is 5.00 Å². The van der Waals surface area contributed by atoms with E-state index in [0.29, 0.717) is 29.3 Å². The molecule has 0 saturated carbocycles. The molecule has 2 amide bonds. The maximum Gasteiger partial charge on any atom is 0.256 e. The minimum Gasteiger partial charge on any atom is -0.385 e. The Morgan fingerprint density at radius 3 is 2.57 bits per heavy atom. The summed E-state index contributed by atoms with van der Waals surface area (Å²) >= 11 is 1.55. The van der Waals surface area contributed by atoms with Gasteiger partial charge in [0.2, 0.25) is 0 Å². The van der Waals surface area contributed by atoms with Crippen LogP contribution in [-0.2, 0) is 24.0 Å². The van der Waals surface area contributed by atoms with Crippen molar-refractivity contribution in [2.24, 2.45) is 0 Å². The van der Waals surface area contributed by atoms with Gasteiger partial charge in [0, 0.05) is 30.7 Å². The van der Waals surface area contributed by atoms with Crippen molar-refractivity contribution >= 4 is 28.2 Å². The van der Waals surface area contributed by atoms with Crippen molar-refractivity contribution in [2.75, 3.05) is 25.6 Å². The molecule has 3 rings (SSSR count). The van der Waals surface area contributed by atoms with Crippen LogP contribution in [0.15, 0.2) is 24.3 Å². The van der Waals surface area contributed by atoms with Crippen LogP contribution in [-0.4, -0.2) is 32.1 Å². The third-order valence-corrected chi connectivity index (χ3v) is 6.27. The summed E-state index contributed by atoms with van der Waals surface area (Å²) < 4.78 is 5.04. The van der Waals surface area contributed by atoms with Crippen molar-refractivity contribution in [2.45, 2.75) is 45.4 Å². The van der Waals surface area contributed by atoms with Crippen LogP contribution in [0.1, 0.15) is 62.9 Å². The number of carbonyl (C=O) groups is 2. The highest BCUT2D eigenvalue weighted by atomic mass is 32.1. The van der Waals surface area contributed by atoms with Crippen LogP contribution in [0, 0.1) is 0 Å². The van der Waals surface area contributed by atoms with Gasteiger partial charge in [-0.25, -0.2) is 0 Å². The minimum absolute atomic E-state index is 0.105. The molecule has 1 aromatic carbocycles. The molecule has 150 valence electrons. The fourth-order valence-electron chi connectivity index (χ4n) is 3.47. The number of thiophene rings is 1. The zero-order valence-corrected chi connectivity index (χ0v) is 17.4. The Morgan fingerprint density at radius 2 is 1.86 bits per heavy atom. The highest BCUT2D eigenvalue weighted by molar-refractivity contribution is 7.17. The van der Waals surface area contributed by atoms with Crippen LogP contribution >= 0.6 is 11.3 Å². The van der Waals surface area contributed by atoms with Crippen LogP contribution < -0.4 is 10.6 Å². The van der Waals surface area contributed by atoms with Crippen molar-refractivity contribution in [3.8, 4) is 0 Å². The van der Waals surface area contributed by atoms with Crippen LogP contribution in [0.3, 0.4) is 0 Å². The van der Waals surface area contributed by atoms with Gasteiger partial charge < -0.3 is 15.4 Å². The van der Waals surface area contributed by atoms with Gasteiger partial charge in [0.15, 0.2) is 0 Å². The summed E-state index contributed by atoms with van der Waals surface area (Å²) in [4.78, 5) is 26.8. The smallest absolute Gasteiger partial charge is 0.256 e. The zero-order chi connectivity index (χ0) is 19.9. The minimum atomic E-state index is -0.172. The van der Waals surface area contributed by atoms with Crippen LogP contribution in [0.4, 0.5) is 5.00 Å². The summed E-state index contributed by atoms with van der Waals surface area (Å²) in [6, 6.07) is 7.62. The van der Waals surface area contributed by atoms with Crippen molar-refractivity contribution in [3.63, 3.8) is 0 Å². The van der Waals surface area contributed by atoms with E-state index in [9.17, 15) is 9.59 Å². The Balaban J connectivity index is 1.80. The number of carbonyl (C=O) groups excluding carboxylic acids is 2. The molecule has 0 bridgehead atoms. The maximum atomic E-state index is 12.9. The molecule has 1 heterocycles. The molecule has 1 aliphatic carbocycles. The van der Waals surface area contributed by atoms with E-state index in [1.165, 1.54) is 10.4 Å². The number of ether oxygens (including phenoxy) is 1. The lowest BCUT2D eigenvalue weighted by Gasteiger charge is -2.13. The van der Waals surface area contributed by atoms with E-state index < -0.39 is 0 Å². The van der Waals surface area contributed by atoms with Gasteiger partial charge in [-0.3, -0.25) is 9.59 Å². The summed E-state index contributed by atoms with van der Waals surface area (Å²) in [5.74, 6) is -0.276. The summed E-state index contributed by atoms with van der Waals surface area (Å²) in [5.41, 5.74) is 3.56. The van der Waals surface area contributed by atoms with Crippen molar-refractivity contribution in [1.29, 1.82) is 0 Å². The van der Waals surface area contributed by atoms with Gasteiger partial charge in [0.25, 0.3) is 11.8 Å². The summed E-state index contributed by atoms with van der Waals surface area (Å²) in [6.45, 7) is 3.26. The van der Waals surface area contributed by atoms with Crippen LogP contribution in [0.2, 0.25) is 0 Å². The number of hydrogen-bond donors (Lipinski definition) is 2.